The van der Waals surface area contributed by atoms with E-state index in [0.29, 0.717) is 34.1 Å². The van der Waals surface area contributed by atoms with Gasteiger partial charge in [-0.25, -0.2) is 13.8 Å². The van der Waals surface area contributed by atoms with Crippen molar-refractivity contribution in [1.29, 1.82) is 0 Å². The Labute approximate surface area is 142 Å². The zero-order valence-corrected chi connectivity index (χ0v) is 13.4. The number of Topliss-reactive ketones (excluding diaryl/α,β-unsaturated/α-hetero) is 1. The maximum Gasteiger partial charge on any atom is 0.163 e. The molecule has 2 aromatic carbocycles. The number of aromatic amines is 1. The zero-order valence-electron chi connectivity index (χ0n) is 13.4. The highest BCUT2D eigenvalue weighted by Gasteiger charge is 2.14. The number of halogens is 2. The highest BCUT2D eigenvalue weighted by atomic mass is 19.1. The molecule has 0 fully saturated rings. The molecular weight excluding hydrogens is 322 g/mol. The number of hydrogen-bond donors (Lipinski definition) is 1. The van der Waals surface area contributed by atoms with E-state index in [2.05, 4.69) is 9.97 Å². The summed E-state index contributed by atoms with van der Waals surface area (Å²) in [6.07, 6.45) is 2.03. The first-order valence-electron chi connectivity index (χ1n) is 7.98. The molecule has 0 bridgehead atoms. The minimum absolute atomic E-state index is 0.0522. The SMILES string of the molecule is CCC(=O)c1cccc2nc(-c3c[nH]c4c(F)cc(F)cc34)ccc12. The Bertz CT molecular complexity index is 1130. The third-order valence-electron chi connectivity index (χ3n) is 4.34. The minimum Gasteiger partial charge on any atom is -0.358 e. The quantitative estimate of drug-likeness (QED) is 0.519. The summed E-state index contributed by atoms with van der Waals surface area (Å²) in [5.74, 6) is -1.23. The number of carbonyl (C=O) groups excluding carboxylic acids is 1. The number of ketones is 1. The van der Waals surface area contributed by atoms with E-state index in [1.165, 1.54) is 6.07 Å². The van der Waals surface area contributed by atoms with Crippen molar-refractivity contribution in [2.24, 2.45) is 0 Å². The molecule has 0 radical (unpaired) electrons. The van der Waals surface area contributed by atoms with Crippen molar-refractivity contribution in [2.45, 2.75) is 13.3 Å². The largest absolute Gasteiger partial charge is 0.358 e. The molecule has 0 saturated heterocycles. The van der Waals surface area contributed by atoms with E-state index in [9.17, 15) is 13.6 Å². The molecule has 0 amide bonds. The van der Waals surface area contributed by atoms with Crippen LogP contribution < -0.4 is 0 Å². The van der Waals surface area contributed by atoms with E-state index >= 15 is 0 Å². The van der Waals surface area contributed by atoms with E-state index < -0.39 is 11.6 Å². The second-order valence-electron chi connectivity index (χ2n) is 5.86. The average Bonchev–Trinajstić information content (AvgIpc) is 3.04. The standard InChI is InChI=1S/C20H14F2N2O/c1-2-19(25)13-4-3-5-17-12(13)6-7-18(24-17)15-10-23-20-14(15)8-11(21)9-16(20)22/h3-10,23H,2H2,1H3. The van der Waals surface area contributed by atoms with E-state index in [-0.39, 0.29) is 11.3 Å². The van der Waals surface area contributed by atoms with Crippen LogP contribution in [0.25, 0.3) is 33.1 Å². The summed E-state index contributed by atoms with van der Waals surface area (Å²) in [7, 11) is 0. The van der Waals surface area contributed by atoms with Gasteiger partial charge in [0.2, 0.25) is 0 Å². The normalized spacial score (nSPS) is 11.3. The Kier molecular flexibility index (Phi) is 3.57. The molecule has 4 aromatic rings. The monoisotopic (exact) mass is 336 g/mol. The number of fused-ring (bicyclic) bond motifs is 2. The van der Waals surface area contributed by atoms with Crippen LogP contribution in [-0.4, -0.2) is 15.8 Å². The van der Waals surface area contributed by atoms with Gasteiger partial charge < -0.3 is 4.98 Å². The number of hydrogen-bond acceptors (Lipinski definition) is 2. The van der Waals surface area contributed by atoms with Crippen LogP contribution in [0.1, 0.15) is 23.7 Å². The predicted octanol–water partition coefficient (Wildman–Crippen LogP) is 5.25. The number of nitrogens with zero attached hydrogens (tertiary/aromatic N) is 1. The summed E-state index contributed by atoms with van der Waals surface area (Å²) in [4.78, 5) is 19.5. The molecule has 3 nitrogen and oxygen atoms in total. The zero-order chi connectivity index (χ0) is 17.6. The number of H-pyrrole nitrogens is 1. The topological polar surface area (TPSA) is 45.8 Å². The highest BCUT2D eigenvalue weighted by Crippen LogP contribution is 2.31. The van der Waals surface area contributed by atoms with Crippen molar-refractivity contribution < 1.29 is 13.6 Å². The summed E-state index contributed by atoms with van der Waals surface area (Å²) in [6, 6.07) is 11.1. The molecule has 4 rings (SSSR count). The van der Waals surface area contributed by atoms with Gasteiger partial charge in [0, 0.05) is 40.6 Å². The maximum absolute atomic E-state index is 13.9. The van der Waals surface area contributed by atoms with Crippen LogP contribution in [0.5, 0.6) is 0 Å². The molecular formula is C20H14F2N2O. The summed E-state index contributed by atoms with van der Waals surface area (Å²) < 4.78 is 27.5. The number of benzene rings is 2. The van der Waals surface area contributed by atoms with Crippen molar-refractivity contribution in [3.63, 3.8) is 0 Å². The summed E-state index contributed by atoms with van der Waals surface area (Å²) in [6.45, 7) is 1.82. The van der Waals surface area contributed by atoms with Crippen LogP contribution in [0.4, 0.5) is 8.78 Å². The molecule has 124 valence electrons. The summed E-state index contributed by atoms with van der Waals surface area (Å²) in [5.41, 5.74) is 2.75. The Balaban J connectivity index is 1.93. The Hall–Kier alpha value is -3.08. The molecule has 0 saturated carbocycles. The van der Waals surface area contributed by atoms with E-state index in [4.69, 9.17) is 0 Å². The Morgan fingerprint density at radius 1 is 1.12 bits per heavy atom. The number of aromatic nitrogens is 2. The minimum atomic E-state index is -0.641. The molecule has 0 atom stereocenters. The first-order chi connectivity index (χ1) is 12.1. The number of rotatable bonds is 3. The van der Waals surface area contributed by atoms with Crippen LogP contribution >= 0.6 is 0 Å². The van der Waals surface area contributed by atoms with Crippen molar-refractivity contribution in [1.82, 2.24) is 9.97 Å². The van der Waals surface area contributed by atoms with Crippen LogP contribution in [0.2, 0.25) is 0 Å². The fourth-order valence-corrected chi connectivity index (χ4v) is 3.11. The van der Waals surface area contributed by atoms with Crippen LogP contribution in [-0.2, 0) is 0 Å². The lowest BCUT2D eigenvalue weighted by molar-refractivity contribution is 0.0989. The van der Waals surface area contributed by atoms with Gasteiger partial charge in [-0.2, -0.15) is 0 Å². The molecule has 0 spiro atoms. The molecule has 2 heterocycles. The van der Waals surface area contributed by atoms with Gasteiger partial charge in [0.05, 0.1) is 16.7 Å². The first kappa shape index (κ1) is 15.4. The van der Waals surface area contributed by atoms with Gasteiger partial charge in [0.1, 0.15) is 11.6 Å². The van der Waals surface area contributed by atoms with Gasteiger partial charge in [-0.3, -0.25) is 4.79 Å². The van der Waals surface area contributed by atoms with Gasteiger partial charge in [-0.1, -0.05) is 19.1 Å². The molecule has 25 heavy (non-hydrogen) atoms. The lowest BCUT2D eigenvalue weighted by Gasteiger charge is -2.06. The average molecular weight is 336 g/mol. The fourth-order valence-electron chi connectivity index (χ4n) is 3.11. The summed E-state index contributed by atoms with van der Waals surface area (Å²) in [5, 5.41) is 1.21. The van der Waals surface area contributed by atoms with Gasteiger partial charge in [-0.15, -0.1) is 0 Å². The second kappa shape index (κ2) is 5.77. The first-order valence-corrected chi connectivity index (χ1v) is 7.98. The molecule has 5 heteroatoms. The third kappa shape index (κ3) is 2.48. The third-order valence-corrected chi connectivity index (χ3v) is 4.34. The van der Waals surface area contributed by atoms with Crippen molar-refractivity contribution >= 4 is 27.6 Å². The smallest absolute Gasteiger partial charge is 0.163 e. The second-order valence-corrected chi connectivity index (χ2v) is 5.86. The van der Waals surface area contributed by atoms with Crippen molar-refractivity contribution in [2.75, 3.05) is 0 Å². The lowest BCUT2D eigenvalue weighted by Crippen LogP contribution is -1.98. The molecule has 2 aromatic heterocycles. The van der Waals surface area contributed by atoms with Gasteiger partial charge >= 0.3 is 0 Å². The van der Waals surface area contributed by atoms with E-state index in [0.717, 1.165) is 11.5 Å². The number of nitrogens with one attached hydrogen (secondary N) is 1. The van der Waals surface area contributed by atoms with E-state index in [1.54, 1.807) is 24.4 Å². The molecule has 0 unspecified atom stereocenters. The molecule has 1 N–H and O–H groups in total. The van der Waals surface area contributed by atoms with Gasteiger partial charge in [-0.05, 0) is 24.3 Å². The van der Waals surface area contributed by atoms with Crippen LogP contribution in [0, 0.1) is 11.6 Å². The molecule has 0 aliphatic carbocycles. The number of pyridine rings is 1. The predicted molar refractivity (Wildman–Crippen MR) is 93.6 cm³/mol. The molecule has 0 aliphatic heterocycles. The number of carbonyl (C=O) groups is 1. The maximum atomic E-state index is 13.9. The van der Waals surface area contributed by atoms with Crippen LogP contribution in [0.3, 0.4) is 0 Å². The van der Waals surface area contributed by atoms with Crippen molar-refractivity contribution in [3.8, 4) is 11.3 Å². The van der Waals surface area contributed by atoms with Crippen molar-refractivity contribution in [3.05, 3.63) is 65.9 Å². The highest BCUT2D eigenvalue weighted by molar-refractivity contribution is 6.07. The van der Waals surface area contributed by atoms with Gasteiger partial charge in [0.15, 0.2) is 5.78 Å². The molecule has 0 aliphatic rings. The van der Waals surface area contributed by atoms with Crippen LogP contribution in [0.15, 0.2) is 48.7 Å². The van der Waals surface area contributed by atoms with Gasteiger partial charge in [0.25, 0.3) is 0 Å². The van der Waals surface area contributed by atoms with E-state index in [1.807, 2.05) is 19.1 Å². The summed E-state index contributed by atoms with van der Waals surface area (Å²) >= 11 is 0. The fraction of sp³-hybridized carbons (Fsp3) is 0.100. The Morgan fingerprint density at radius 2 is 1.96 bits per heavy atom. The Morgan fingerprint density at radius 3 is 2.76 bits per heavy atom. The lowest BCUT2D eigenvalue weighted by atomic mass is 10.0.